The molecule has 2 rings (SSSR count). The van der Waals surface area contributed by atoms with E-state index >= 15 is 0 Å². The zero-order valence-electron chi connectivity index (χ0n) is 23.5. The highest BCUT2D eigenvalue weighted by molar-refractivity contribution is 6.00. The second-order valence-corrected chi connectivity index (χ2v) is 7.89. The Morgan fingerprint density at radius 3 is 1.64 bits per heavy atom. The van der Waals surface area contributed by atoms with Crippen molar-refractivity contribution < 1.29 is 52.6 Å². The predicted molar refractivity (Wildman–Crippen MR) is 142 cm³/mol. The van der Waals surface area contributed by atoms with E-state index in [0.29, 0.717) is 28.6 Å². The lowest BCUT2D eigenvalue weighted by Crippen LogP contribution is -2.31. The molecule has 0 heterocycles. The minimum absolute atomic E-state index is 0.000900. The molecule has 2 aromatic carbocycles. The number of methoxy groups -OCH3 is 6. The number of hydrogen-bond acceptors (Lipinski definition) is 11. The zero-order valence-corrected chi connectivity index (χ0v) is 23.5. The lowest BCUT2D eigenvalue weighted by atomic mass is 9.86. The molecule has 0 fully saturated rings. The van der Waals surface area contributed by atoms with Gasteiger partial charge in [-0.1, -0.05) is 0 Å². The first-order chi connectivity index (χ1) is 18.7. The molecule has 0 saturated heterocycles. The molecule has 214 valence electrons. The van der Waals surface area contributed by atoms with Crippen LogP contribution in [0.4, 0.5) is 0 Å². The molecule has 1 N–H and O–H groups in total. The molecule has 11 nitrogen and oxygen atoms in total. The average Bonchev–Trinajstić information content (AvgIpc) is 2.95. The lowest BCUT2D eigenvalue weighted by molar-refractivity contribution is -0.153. The van der Waals surface area contributed by atoms with Gasteiger partial charge in [0.1, 0.15) is 23.5 Å². The Hall–Kier alpha value is -4.12. The predicted octanol–water partition coefficient (Wildman–Crippen LogP) is 3.60. The number of carbonyl (C=O) groups is 2. The Labute approximate surface area is 228 Å². The third-order valence-electron chi connectivity index (χ3n) is 5.80. The van der Waals surface area contributed by atoms with E-state index in [4.69, 9.17) is 37.9 Å². The topological polar surface area (TPSA) is 128 Å². The van der Waals surface area contributed by atoms with E-state index in [1.807, 2.05) is 0 Å². The average molecular weight is 549 g/mol. The van der Waals surface area contributed by atoms with Crippen LogP contribution in [0.15, 0.2) is 29.8 Å². The van der Waals surface area contributed by atoms with Gasteiger partial charge >= 0.3 is 11.9 Å². The van der Waals surface area contributed by atoms with Gasteiger partial charge in [-0.2, -0.15) is 0 Å². The number of esters is 2. The highest BCUT2D eigenvalue weighted by Crippen LogP contribution is 2.43. The molecule has 11 heteroatoms. The van der Waals surface area contributed by atoms with E-state index in [1.54, 1.807) is 26.0 Å². The smallest absolute Gasteiger partial charge is 0.335 e. The number of carbonyl (C=O) groups excluding carboxylic acids is 2. The molecule has 0 aliphatic carbocycles. The van der Waals surface area contributed by atoms with E-state index in [-0.39, 0.29) is 35.8 Å². The normalized spacial score (nSPS) is 12.6. The number of benzene rings is 2. The van der Waals surface area contributed by atoms with Gasteiger partial charge in [0.05, 0.1) is 61.4 Å². The second kappa shape index (κ2) is 14.7. The Bertz CT molecular complexity index is 1170. The lowest BCUT2D eigenvalue weighted by Gasteiger charge is -2.25. The van der Waals surface area contributed by atoms with Crippen LogP contribution in [0.5, 0.6) is 34.5 Å². The second-order valence-electron chi connectivity index (χ2n) is 7.89. The number of aliphatic hydroxyl groups excluding tert-OH is 1. The molecule has 0 aliphatic heterocycles. The maximum Gasteiger partial charge on any atom is 0.335 e. The molecule has 2 atom stereocenters. The van der Waals surface area contributed by atoms with E-state index in [1.165, 1.54) is 60.9 Å². The molecule has 0 unspecified atom stereocenters. The molecule has 0 amide bonds. The summed E-state index contributed by atoms with van der Waals surface area (Å²) in [5, 5.41) is 11.6. The summed E-state index contributed by atoms with van der Waals surface area (Å²) in [6, 6.07) is 6.11. The minimum atomic E-state index is -1.62. The summed E-state index contributed by atoms with van der Waals surface area (Å²) in [4.78, 5) is 26.7. The third kappa shape index (κ3) is 7.05. The van der Waals surface area contributed by atoms with Gasteiger partial charge in [0.15, 0.2) is 23.0 Å². The first-order valence-electron chi connectivity index (χ1n) is 12.1. The van der Waals surface area contributed by atoms with Crippen LogP contribution in [0, 0.1) is 5.92 Å². The van der Waals surface area contributed by atoms with Crippen LogP contribution in [0.25, 0.3) is 6.08 Å². The van der Waals surface area contributed by atoms with Gasteiger partial charge in [0.2, 0.25) is 0 Å². The molecule has 39 heavy (non-hydrogen) atoms. The van der Waals surface area contributed by atoms with Gasteiger partial charge in [-0.15, -0.1) is 0 Å². The van der Waals surface area contributed by atoms with Crippen molar-refractivity contribution in [3.63, 3.8) is 0 Å². The molecular formula is C28H36O11. The Morgan fingerprint density at radius 1 is 0.692 bits per heavy atom. The molecule has 0 bridgehead atoms. The fourth-order valence-electron chi connectivity index (χ4n) is 3.94. The van der Waals surface area contributed by atoms with Gasteiger partial charge < -0.3 is 43.0 Å². The summed E-state index contributed by atoms with van der Waals surface area (Å²) < 4.78 is 43.0. The summed E-state index contributed by atoms with van der Waals surface area (Å²) in [5.74, 6) is -1.37. The maximum atomic E-state index is 13.4. The number of rotatable bonds is 14. The first kappa shape index (κ1) is 31.1. The van der Waals surface area contributed by atoms with Crippen LogP contribution >= 0.6 is 0 Å². The van der Waals surface area contributed by atoms with Crippen molar-refractivity contribution in [2.75, 3.05) is 55.9 Å². The fourth-order valence-corrected chi connectivity index (χ4v) is 3.94. The Morgan fingerprint density at radius 2 is 1.15 bits per heavy atom. The monoisotopic (exact) mass is 548 g/mol. The summed E-state index contributed by atoms with van der Waals surface area (Å²) in [7, 11) is 8.64. The van der Waals surface area contributed by atoms with Crippen LogP contribution in [0.1, 0.15) is 31.1 Å². The van der Waals surface area contributed by atoms with Gasteiger partial charge in [-0.25, -0.2) is 4.79 Å². The van der Waals surface area contributed by atoms with Crippen molar-refractivity contribution in [3.8, 4) is 34.5 Å². The maximum absolute atomic E-state index is 13.4. The highest BCUT2D eigenvalue weighted by Gasteiger charge is 2.39. The molecule has 0 saturated carbocycles. The first-order valence-corrected chi connectivity index (χ1v) is 12.1. The van der Waals surface area contributed by atoms with Crippen molar-refractivity contribution in [1.82, 2.24) is 0 Å². The zero-order chi connectivity index (χ0) is 29.1. The van der Waals surface area contributed by atoms with Crippen molar-refractivity contribution >= 4 is 18.0 Å². The van der Waals surface area contributed by atoms with Crippen molar-refractivity contribution in [2.45, 2.75) is 20.0 Å². The van der Waals surface area contributed by atoms with E-state index in [0.717, 1.165) is 0 Å². The van der Waals surface area contributed by atoms with Crippen molar-refractivity contribution in [2.24, 2.45) is 5.92 Å². The van der Waals surface area contributed by atoms with Gasteiger partial charge in [-0.3, -0.25) is 4.79 Å². The SMILES string of the molecule is CCOC(=O)/C(=C/c1cc(OC)c(OC)cc1OC)[C@@H](C(=O)OCC)[C@H](O)c1cc(OC)c(OC)cc1OC. The molecule has 0 aliphatic rings. The summed E-state index contributed by atoms with van der Waals surface area (Å²) in [6.07, 6.45) is -0.239. The highest BCUT2D eigenvalue weighted by atomic mass is 16.5. The number of hydrogen-bond donors (Lipinski definition) is 1. The Kier molecular flexibility index (Phi) is 11.7. The summed E-state index contributed by atoms with van der Waals surface area (Å²) in [5.41, 5.74) is 0.326. The number of aliphatic hydroxyl groups is 1. The van der Waals surface area contributed by atoms with E-state index in [9.17, 15) is 14.7 Å². The van der Waals surface area contributed by atoms with Crippen LogP contribution in [-0.4, -0.2) is 72.9 Å². The molecule has 0 aromatic heterocycles. The molecule has 0 spiro atoms. The van der Waals surface area contributed by atoms with Crippen LogP contribution in [-0.2, 0) is 19.1 Å². The molecule has 2 aromatic rings. The van der Waals surface area contributed by atoms with Crippen molar-refractivity contribution in [3.05, 3.63) is 41.0 Å². The van der Waals surface area contributed by atoms with Crippen LogP contribution < -0.4 is 28.4 Å². The molecular weight excluding hydrogens is 512 g/mol. The fraction of sp³-hybridized carbons (Fsp3) is 0.429. The largest absolute Gasteiger partial charge is 0.496 e. The van der Waals surface area contributed by atoms with E-state index in [2.05, 4.69) is 0 Å². The van der Waals surface area contributed by atoms with Gasteiger partial charge in [0, 0.05) is 23.3 Å². The minimum Gasteiger partial charge on any atom is -0.496 e. The summed E-state index contributed by atoms with van der Waals surface area (Å²) >= 11 is 0. The van der Waals surface area contributed by atoms with Gasteiger partial charge in [-0.05, 0) is 32.1 Å². The van der Waals surface area contributed by atoms with E-state index < -0.39 is 24.0 Å². The van der Waals surface area contributed by atoms with Crippen molar-refractivity contribution in [1.29, 1.82) is 0 Å². The number of ether oxygens (including phenoxy) is 8. The third-order valence-corrected chi connectivity index (χ3v) is 5.80. The standard InChI is InChI=1S/C28H36O11/c1-9-38-27(30)18(11-16-12-21(34-5)23(36-7)14-19(16)32-3)25(28(31)39-10-2)26(29)17-13-22(35-6)24(37-8)15-20(17)33-4/h11-15,25-26,29H,9-10H2,1-8H3/b18-11+/t25-,26-/m1/s1. The van der Waals surface area contributed by atoms with Crippen LogP contribution in [0.3, 0.4) is 0 Å². The quantitative estimate of drug-likeness (QED) is 0.275. The summed E-state index contributed by atoms with van der Waals surface area (Å²) in [6.45, 7) is 3.26. The Balaban J connectivity index is 2.87. The van der Waals surface area contributed by atoms with Gasteiger partial charge in [0.25, 0.3) is 0 Å². The molecule has 0 radical (unpaired) electrons. The van der Waals surface area contributed by atoms with Crippen LogP contribution in [0.2, 0.25) is 0 Å².